The minimum atomic E-state index is -4.59. The third kappa shape index (κ3) is 7.50. The molecule has 0 atom stereocenters. The first-order valence-corrected chi connectivity index (χ1v) is 11.2. The molecular formula is C19H18Cl2N4O8S. The number of amides is 3. The van der Waals surface area contributed by atoms with Gasteiger partial charge in [-0.05, 0) is 30.3 Å². The minimum Gasteiger partial charge on any atom is -0.453 e. The number of guanidine groups is 1. The van der Waals surface area contributed by atoms with Crippen molar-refractivity contribution in [2.24, 2.45) is 4.99 Å². The second-order valence-corrected chi connectivity index (χ2v) is 8.50. The first kappa shape index (κ1) is 26.7. The summed E-state index contributed by atoms with van der Waals surface area (Å²) in [5, 5.41) is 6.88. The number of alkyl carbamates (subject to hydrolysis) is 2. The van der Waals surface area contributed by atoms with E-state index in [0.29, 0.717) is 0 Å². The van der Waals surface area contributed by atoms with Crippen LogP contribution in [0.25, 0.3) is 0 Å². The molecule has 182 valence electrons. The Balaban J connectivity index is 2.61. The van der Waals surface area contributed by atoms with Crippen LogP contribution in [-0.4, -0.2) is 46.7 Å². The zero-order valence-electron chi connectivity index (χ0n) is 17.8. The topological polar surface area (TPSA) is 161 Å². The van der Waals surface area contributed by atoms with E-state index in [1.54, 1.807) is 0 Å². The van der Waals surface area contributed by atoms with Gasteiger partial charge >= 0.3 is 22.3 Å². The number of carbonyl (C=O) groups excluding carboxylic acids is 3. The Morgan fingerprint density at radius 1 is 0.912 bits per heavy atom. The number of hydrogen-bond acceptors (Lipinski definition) is 9. The molecule has 0 fully saturated rings. The number of nitrogens with one attached hydrogen (secondary N) is 3. The molecule has 0 aliphatic carbocycles. The fourth-order valence-corrected chi connectivity index (χ4v) is 3.67. The van der Waals surface area contributed by atoms with Crippen LogP contribution in [-0.2, 0) is 24.4 Å². The first-order chi connectivity index (χ1) is 15.9. The Bertz CT molecular complexity index is 1230. The quantitative estimate of drug-likeness (QED) is 0.299. The van der Waals surface area contributed by atoms with E-state index in [2.05, 4.69) is 30.4 Å². The number of halogens is 2. The van der Waals surface area contributed by atoms with Crippen LogP contribution < -0.4 is 20.1 Å². The molecule has 0 saturated carbocycles. The molecule has 0 radical (unpaired) electrons. The van der Waals surface area contributed by atoms with E-state index >= 15 is 0 Å². The molecule has 12 nitrogen and oxygen atoms in total. The lowest BCUT2D eigenvalue weighted by molar-refractivity contribution is -0.114. The van der Waals surface area contributed by atoms with E-state index in [1.807, 2.05) is 0 Å². The van der Waals surface area contributed by atoms with Gasteiger partial charge in [0.25, 0.3) is 0 Å². The number of ether oxygens (including phenoxy) is 2. The summed E-state index contributed by atoms with van der Waals surface area (Å²) in [6.45, 7) is 1.23. The lowest BCUT2D eigenvalue weighted by atomic mass is 10.3. The molecule has 3 amide bonds. The van der Waals surface area contributed by atoms with Crippen molar-refractivity contribution in [1.29, 1.82) is 0 Å². The van der Waals surface area contributed by atoms with Crippen molar-refractivity contribution in [1.82, 2.24) is 10.6 Å². The Kier molecular flexibility index (Phi) is 9.06. The minimum absolute atomic E-state index is 0.0476. The first-order valence-electron chi connectivity index (χ1n) is 9.05. The molecule has 0 unspecified atom stereocenters. The predicted octanol–water partition coefficient (Wildman–Crippen LogP) is 3.42. The maximum Gasteiger partial charge on any atom is 0.413 e. The van der Waals surface area contributed by atoms with Gasteiger partial charge in [0, 0.05) is 18.7 Å². The zero-order chi connectivity index (χ0) is 25.5. The van der Waals surface area contributed by atoms with Gasteiger partial charge in [-0.25, -0.2) is 14.6 Å². The van der Waals surface area contributed by atoms with E-state index in [0.717, 1.165) is 20.3 Å². The summed E-state index contributed by atoms with van der Waals surface area (Å²) < 4.78 is 40.2. The van der Waals surface area contributed by atoms with Gasteiger partial charge in [0.1, 0.15) is 10.6 Å². The van der Waals surface area contributed by atoms with Crippen molar-refractivity contribution in [3.8, 4) is 5.75 Å². The van der Waals surface area contributed by atoms with Gasteiger partial charge in [0.2, 0.25) is 11.9 Å². The van der Waals surface area contributed by atoms with Crippen molar-refractivity contribution >= 4 is 68.7 Å². The molecule has 0 saturated heterocycles. The summed E-state index contributed by atoms with van der Waals surface area (Å²) >= 11 is 11.8. The molecule has 2 rings (SSSR count). The molecule has 0 aromatic heterocycles. The van der Waals surface area contributed by atoms with Crippen molar-refractivity contribution in [2.75, 3.05) is 19.5 Å². The molecule has 15 heteroatoms. The van der Waals surface area contributed by atoms with E-state index in [-0.39, 0.29) is 27.2 Å². The van der Waals surface area contributed by atoms with Gasteiger partial charge in [-0.3, -0.25) is 15.4 Å². The molecule has 3 N–H and O–H groups in total. The Morgan fingerprint density at radius 2 is 1.53 bits per heavy atom. The van der Waals surface area contributed by atoms with Crippen molar-refractivity contribution < 1.29 is 36.5 Å². The SMILES string of the molecule is COC(=O)NC(=Nc1ccc(NC(C)=O)cc1S(=O)(=O)Oc1ccc(Cl)c(Cl)c1)NC(=O)OC. The second-order valence-electron chi connectivity index (χ2n) is 6.17. The van der Waals surface area contributed by atoms with Crippen LogP contribution in [0.4, 0.5) is 21.0 Å². The molecular weight excluding hydrogens is 515 g/mol. The van der Waals surface area contributed by atoms with E-state index in [1.165, 1.54) is 37.3 Å². The molecule has 0 heterocycles. The number of carbonyl (C=O) groups is 3. The molecule has 2 aromatic carbocycles. The number of nitrogens with zero attached hydrogens (tertiary/aromatic N) is 1. The van der Waals surface area contributed by atoms with Gasteiger partial charge in [0.15, 0.2) is 0 Å². The second kappa shape index (κ2) is 11.5. The maximum atomic E-state index is 13.1. The number of aliphatic imine (C=N–C) groups is 1. The average Bonchev–Trinajstić information content (AvgIpc) is 2.76. The van der Waals surface area contributed by atoms with Crippen LogP contribution in [0, 0.1) is 0 Å². The van der Waals surface area contributed by atoms with Crippen LogP contribution in [0.5, 0.6) is 5.75 Å². The van der Waals surface area contributed by atoms with Crippen LogP contribution in [0.2, 0.25) is 10.0 Å². The summed E-state index contributed by atoms with van der Waals surface area (Å²) in [7, 11) is -2.47. The van der Waals surface area contributed by atoms with Gasteiger partial charge in [-0.15, -0.1) is 0 Å². The Morgan fingerprint density at radius 3 is 2.06 bits per heavy atom. The van der Waals surface area contributed by atoms with Gasteiger partial charge in [-0.2, -0.15) is 8.42 Å². The smallest absolute Gasteiger partial charge is 0.413 e. The van der Waals surface area contributed by atoms with Crippen LogP contribution in [0.15, 0.2) is 46.3 Å². The summed E-state index contributed by atoms with van der Waals surface area (Å²) in [5.74, 6) is -1.14. The number of methoxy groups -OCH3 is 2. The summed E-state index contributed by atoms with van der Waals surface area (Å²) in [5.41, 5.74) is -0.178. The van der Waals surface area contributed by atoms with E-state index in [4.69, 9.17) is 27.4 Å². The fraction of sp³-hybridized carbons (Fsp3) is 0.158. The molecule has 0 spiro atoms. The number of hydrogen-bond donors (Lipinski definition) is 3. The lowest BCUT2D eigenvalue weighted by Gasteiger charge is -2.13. The van der Waals surface area contributed by atoms with Crippen molar-refractivity contribution in [3.05, 3.63) is 46.4 Å². The maximum absolute atomic E-state index is 13.1. The van der Waals surface area contributed by atoms with Crippen molar-refractivity contribution in [3.63, 3.8) is 0 Å². The summed E-state index contributed by atoms with van der Waals surface area (Å²) in [4.78, 5) is 38.1. The Labute approximate surface area is 204 Å². The summed E-state index contributed by atoms with van der Waals surface area (Å²) in [6, 6.07) is 7.41. The van der Waals surface area contributed by atoms with Gasteiger partial charge < -0.3 is 19.0 Å². The normalized spacial score (nSPS) is 10.5. The fourth-order valence-electron chi connectivity index (χ4n) is 2.29. The number of anilines is 1. The highest BCUT2D eigenvalue weighted by Gasteiger charge is 2.24. The highest BCUT2D eigenvalue weighted by atomic mass is 35.5. The van der Waals surface area contributed by atoms with E-state index < -0.39 is 39.1 Å². The molecule has 0 aliphatic rings. The predicted molar refractivity (Wildman–Crippen MR) is 123 cm³/mol. The van der Waals surface area contributed by atoms with Gasteiger partial charge in [-0.1, -0.05) is 23.2 Å². The van der Waals surface area contributed by atoms with Crippen LogP contribution in [0.1, 0.15) is 6.92 Å². The third-order valence-corrected chi connectivity index (χ3v) is 5.71. The van der Waals surface area contributed by atoms with Gasteiger partial charge in [0.05, 0.1) is 30.0 Å². The number of rotatable bonds is 5. The van der Waals surface area contributed by atoms with Crippen molar-refractivity contribution in [2.45, 2.75) is 11.8 Å². The van der Waals surface area contributed by atoms with E-state index in [9.17, 15) is 22.8 Å². The molecule has 0 bridgehead atoms. The third-order valence-electron chi connectivity index (χ3n) is 3.69. The lowest BCUT2D eigenvalue weighted by Crippen LogP contribution is -2.43. The summed E-state index contributed by atoms with van der Waals surface area (Å²) in [6.07, 6.45) is -2.03. The zero-order valence-corrected chi connectivity index (χ0v) is 20.2. The standard InChI is InChI=1S/C19H18Cl2N4O8S/c1-10(26)22-11-4-7-15(23-17(24-18(27)31-2)25-19(28)32-3)16(8-11)34(29,30)33-12-5-6-13(20)14(21)9-12/h4-9H,1-3H3,(H,22,26)(H2,23,24,25,27,28). The number of benzene rings is 2. The average molecular weight is 533 g/mol. The Hall–Kier alpha value is -3.55. The highest BCUT2D eigenvalue weighted by molar-refractivity contribution is 7.87. The highest BCUT2D eigenvalue weighted by Crippen LogP contribution is 2.32. The molecule has 0 aliphatic heterocycles. The monoisotopic (exact) mass is 532 g/mol. The van der Waals surface area contributed by atoms with Crippen LogP contribution >= 0.6 is 23.2 Å². The van der Waals surface area contributed by atoms with Crippen LogP contribution in [0.3, 0.4) is 0 Å². The largest absolute Gasteiger partial charge is 0.453 e. The molecule has 34 heavy (non-hydrogen) atoms. The molecule has 2 aromatic rings.